The number of benzene rings is 1. The minimum absolute atomic E-state index is 0.106. The Morgan fingerprint density at radius 3 is 2.95 bits per heavy atom. The second-order valence-electron chi connectivity index (χ2n) is 4.46. The molecule has 2 amide bonds. The van der Waals surface area contributed by atoms with Crippen LogP contribution in [0.5, 0.6) is 0 Å². The molecule has 1 aromatic rings. The molecule has 1 atom stereocenters. The van der Waals surface area contributed by atoms with E-state index in [-0.39, 0.29) is 11.8 Å². The molecule has 0 aliphatic carbocycles. The Bertz CT molecular complexity index is 538. The lowest BCUT2D eigenvalue weighted by atomic mass is 10.1. The summed E-state index contributed by atoms with van der Waals surface area (Å²) < 4.78 is 1.73. The van der Waals surface area contributed by atoms with Gasteiger partial charge in [0.05, 0.1) is 5.56 Å². The molecular formula is C13H15BrIN3O2. The van der Waals surface area contributed by atoms with Crippen molar-refractivity contribution in [1.82, 2.24) is 15.5 Å². The van der Waals surface area contributed by atoms with E-state index in [2.05, 4.69) is 49.2 Å². The molecule has 5 nitrogen and oxygen atoms in total. The molecular weight excluding hydrogens is 437 g/mol. The fraction of sp³-hybridized carbons (Fsp3) is 0.385. The zero-order valence-corrected chi connectivity index (χ0v) is 14.7. The summed E-state index contributed by atoms with van der Waals surface area (Å²) in [5.74, 6) is -0.249. The van der Waals surface area contributed by atoms with E-state index in [4.69, 9.17) is 0 Å². The first kappa shape index (κ1) is 15.7. The summed E-state index contributed by atoms with van der Waals surface area (Å²) in [6.07, 6.45) is 0. The molecule has 1 aromatic carbocycles. The van der Waals surface area contributed by atoms with Crippen molar-refractivity contribution in [3.05, 3.63) is 31.8 Å². The van der Waals surface area contributed by atoms with Gasteiger partial charge in [-0.3, -0.25) is 9.59 Å². The molecule has 1 aliphatic heterocycles. The summed E-state index contributed by atoms with van der Waals surface area (Å²) in [4.78, 5) is 26.2. The quantitative estimate of drug-likeness (QED) is 0.664. The number of hydrogen-bond donors (Lipinski definition) is 2. The number of amides is 2. The van der Waals surface area contributed by atoms with Crippen molar-refractivity contribution in [2.75, 3.05) is 26.7 Å². The fourth-order valence-corrected chi connectivity index (χ4v) is 3.09. The molecule has 0 saturated carbocycles. The van der Waals surface area contributed by atoms with E-state index in [0.717, 1.165) is 8.04 Å². The normalized spacial score (nSPS) is 18.8. The molecule has 20 heavy (non-hydrogen) atoms. The number of nitrogens with zero attached hydrogens (tertiary/aromatic N) is 1. The molecule has 2 N–H and O–H groups in total. The van der Waals surface area contributed by atoms with Crippen LogP contribution in [0.2, 0.25) is 0 Å². The maximum absolute atomic E-state index is 12.7. The molecule has 0 radical (unpaired) electrons. The Kier molecular flexibility index (Phi) is 5.39. The van der Waals surface area contributed by atoms with E-state index >= 15 is 0 Å². The second kappa shape index (κ2) is 6.86. The molecule has 1 fully saturated rings. The number of rotatable bonds is 2. The van der Waals surface area contributed by atoms with Crippen LogP contribution in [0.4, 0.5) is 0 Å². The summed E-state index contributed by atoms with van der Waals surface area (Å²) in [7, 11) is 1.59. The third-order valence-corrected chi connectivity index (χ3v) is 4.65. The van der Waals surface area contributed by atoms with Gasteiger partial charge < -0.3 is 15.5 Å². The van der Waals surface area contributed by atoms with Gasteiger partial charge in [-0.15, -0.1) is 0 Å². The van der Waals surface area contributed by atoms with Gasteiger partial charge in [-0.1, -0.05) is 15.9 Å². The van der Waals surface area contributed by atoms with Crippen LogP contribution in [-0.4, -0.2) is 49.4 Å². The molecule has 1 unspecified atom stereocenters. The first-order valence-corrected chi connectivity index (χ1v) is 8.10. The lowest BCUT2D eigenvalue weighted by Gasteiger charge is -2.35. The van der Waals surface area contributed by atoms with Crippen LogP contribution in [0.15, 0.2) is 22.7 Å². The number of likely N-dealkylation sites (N-methyl/N-ethyl adjacent to an activating group) is 1. The Morgan fingerprint density at radius 2 is 2.25 bits per heavy atom. The van der Waals surface area contributed by atoms with Gasteiger partial charge in [0.1, 0.15) is 6.04 Å². The van der Waals surface area contributed by atoms with E-state index < -0.39 is 6.04 Å². The maximum atomic E-state index is 12.7. The average Bonchev–Trinajstić information content (AvgIpc) is 2.48. The van der Waals surface area contributed by atoms with Crippen LogP contribution in [-0.2, 0) is 4.79 Å². The SMILES string of the molecule is CNC(=O)C1CNCCN1C(=O)c1cc(Br)ccc1I. The van der Waals surface area contributed by atoms with Crippen molar-refractivity contribution in [2.24, 2.45) is 0 Å². The molecule has 2 rings (SSSR count). The molecule has 1 saturated heterocycles. The average molecular weight is 452 g/mol. The van der Waals surface area contributed by atoms with Crippen molar-refractivity contribution in [1.29, 1.82) is 0 Å². The lowest BCUT2D eigenvalue weighted by Crippen LogP contribution is -2.59. The summed E-state index contributed by atoms with van der Waals surface area (Å²) in [6.45, 7) is 1.71. The minimum atomic E-state index is -0.462. The van der Waals surface area contributed by atoms with Gasteiger partial charge in [-0.2, -0.15) is 0 Å². The van der Waals surface area contributed by atoms with E-state index in [1.165, 1.54) is 0 Å². The summed E-state index contributed by atoms with van der Waals surface area (Å²) in [6, 6.07) is 5.12. The highest BCUT2D eigenvalue weighted by Crippen LogP contribution is 2.21. The maximum Gasteiger partial charge on any atom is 0.255 e. The zero-order chi connectivity index (χ0) is 14.7. The molecule has 7 heteroatoms. The zero-order valence-electron chi connectivity index (χ0n) is 11.0. The Labute approximate surface area is 139 Å². The van der Waals surface area contributed by atoms with Crippen molar-refractivity contribution in [3.8, 4) is 0 Å². The molecule has 0 bridgehead atoms. The minimum Gasteiger partial charge on any atom is -0.357 e. The van der Waals surface area contributed by atoms with Gasteiger partial charge in [0.2, 0.25) is 5.91 Å². The highest BCUT2D eigenvalue weighted by Gasteiger charge is 2.32. The monoisotopic (exact) mass is 451 g/mol. The molecule has 0 spiro atoms. The van der Waals surface area contributed by atoms with Crippen molar-refractivity contribution in [3.63, 3.8) is 0 Å². The molecule has 1 heterocycles. The molecule has 108 valence electrons. The van der Waals surface area contributed by atoms with E-state index in [1.807, 2.05) is 12.1 Å². The number of carbonyl (C=O) groups is 2. The van der Waals surface area contributed by atoms with E-state index in [9.17, 15) is 9.59 Å². The van der Waals surface area contributed by atoms with E-state index in [1.54, 1.807) is 18.0 Å². The van der Waals surface area contributed by atoms with Crippen molar-refractivity contribution >= 4 is 50.3 Å². The summed E-state index contributed by atoms with van der Waals surface area (Å²) >= 11 is 5.52. The van der Waals surface area contributed by atoms with Crippen molar-refractivity contribution in [2.45, 2.75) is 6.04 Å². The van der Waals surface area contributed by atoms with Gasteiger partial charge in [0, 0.05) is 34.7 Å². The number of piperazine rings is 1. The Hall–Kier alpha value is -0.670. The van der Waals surface area contributed by atoms with Crippen LogP contribution in [0.25, 0.3) is 0 Å². The Morgan fingerprint density at radius 1 is 1.50 bits per heavy atom. The summed E-state index contributed by atoms with van der Waals surface area (Å²) in [5, 5.41) is 5.76. The van der Waals surface area contributed by atoms with Crippen LogP contribution in [0.1, 0.15) is 10.4 Å². The number of carbonyl (C=O) groups excluding carboxylic acids is 2. The molecule has 0 aromatic heterocycles. The molecule has 1 aliphatic rings. The number of nitrogens with one attached hydrogen (secondary N) is 2. The van der Waals surface area contributed by atoms with Crippen LogP contribution in [0.3, 0.4) is 0 Å². The number of hydrogen-bond acceptors (Lipinski definition) is 3. The first-order valence-electron chi connectivity index (χ1n) is 6.23. The van der Waals surface area contributed by atoms with Gasteiger partial charge in [0.15, 0.2) is 0 Å². The predicted octanol–water partition coefficient (Wildman–Crippen LogP) is 1.21. The number of halogens is 2. The second-order valence-corrected chi connectivity index (χ2v) is 6.53. The van der Waals surface area contributed by atoms with Gasteiger partial charge in [0.25, 0.3) is 5.91 Å². The topological polar surface area (TPSA) is 61.4 Å². The largest absolute Gasteiger partial charge is 0.357 e. The smallest absolute Gasteiger partial charge is 0.255 e. The fourth-order valence-electron chi connectivity index (χ4n) is 2.16. The van der Waals surface area contributed by atoms with Gasteiger partial charge >= 0.3 is 0 Å². The lowest BCUT2D eigenvalue weighted by molar-refractivity contribution is -0.125. The highest BCUT2D eigenvalue weighted by molar-refractivity contribution is 14.1. The van der Waals surface area contributed by atoms with Crippen LogP contribution >= 0.6 is 38.5 Å². The van der Waals surface area contributed by atoms with Crippen molar-refractivity contribution < 1.29 is 9.59 Å². The van der Waals surface area contributed by atoms with E-state index in [0.29, 0.717) is 25.2 Å². The standard InChI is InChI=1S/C13H15BrIN3O2/c1-16-12(19)11-7-17-4-5-18(11)13(20)9-6-8(14)2-3-10(9)15/h2-3,6,11,17H,4-5,7H2,1H3,(H,16,19). The first-order chi connectivity index (χ1) is 9.54. The third kappa shape index (κ3) is 3.32. The highest BCUT2D eigenvalue weighted by atomic mass is 127. The third-order valence-electron chi connectivity index (χ3n) is 3.21. The summed E-state index contributed by atoms with van der Waals surface area (Å²) in [5.41, 5.74) is 0.621. The van der Waals surface area contributed by atoms with Gasteiger partial charge in [-0.25, -0.2) is 0 Å². The van der Waals surface area contributed by atoms with Crippen LogP contribution < -0.4 is 10.6 Å². The predicted molar refractivity (Wildman–Crippen MR) is 88.6 cm³/mol. The van der Waals surface area contributed by atoms with Gasteiger partial charge in [-0.05, 0) is 40.8 Å². The Balaban J connectivity index is 2.30. The van der Waals surface area contributed by atoms with Crippen LogP contribution in [0, 0.1) is 3.57 Å².